The smallest absolute Gasteiger partial charge is 0.123 e. The molecule has 2 atom stereocenters. The van der Waals surface area contributed by atoms with Gasteiger partial charge in [0.1, 0.15) is 17.7 Å². The van der Waals surface area contributed by atoms with Gasteiger partial charge < -0.3 is 10.1 Å². The standard InChI is InChI=1S/C14H19ClFNO/c1-9(2)13(7-15)17-8-12-6-10-5-11(16)3-4-14(10)18-12/h3-5,9,12-13,17H,6-8H2,1-2H3. The highest BCUT2D eigenvalue weighted by Gasteiger charge is 2.24. The predicted octanol–water partition coefficient (Wildman–Crippen LogP) is 2.98. The fourth-order valence-electron chi connectivity index (χ4n) is 2.15. The number of benzene rings is 1. The number of fused-ring (bicyclic) bond motifs is 1. The lowest BCUT2D eigenvalue weighted by molar-refractivity contribution is 0.217. The number of alkyl halides is 1. The van der Waals surface area contributed by atoms with Crippen molar-refractivity contribution in [2.24, 2.45) is 5.92 Å². The van der Waals surface area contributed by atoms with E-state index in [-0.39, 0.29) is 18.0 Å². The zero-order chi connectivity index (χ0) is 13.1. The Bertz CT molecular complexity index is 411. The zero-order valence-corrected chi connectivity index (χ0v) is 11.5. The van der Waals surface area contributed by atoms with Crippen LogP contribution in [-0.2, 0) is 6.42 Å². The maximum atomic E-state index is 13.1. The number of halogens is 2. The van der Waals surface area contributed by atoms with Gasteiger partial charge in [-0.25, -0.2) is 4.39 Å². The van der Waals surface area contributed by atoms with Crippen LogP contribution in [0.25, 0.3) is 0 Å². The number of ether oxygens (including phenoxy) is 1. The van der Waals surface area contributed by atoms with E-state index in [1.54, 1.807) is 12.1 Å². The van der Waals surface area contributed by atoms with Gasteiger partial charge in [0.2, 0.25) is 0 Å². The molecule has 1 N–H and O–H groups in total. The molecule has 2 unspecified atom stereocenters. The largest absolute Gasteiger partial charge is 0.488 e. The molecule has 0 radical (unpaired) electrons. The highest BCUT2D eigenvalue weighted by Crippen LogP contribution is 2.29. The second kappa shape index (κ2) is 5.89. The quantitative estimate of drug-likeness (QED) is 0.832. The van der Waals surface area contributed by atoms with E-state index in [2.05, 4.69) is 19.2 Å². The van der Waals surface area contributed by atoms with E-state index in [1.807, 2.05) is 0 Å². The Morgan fingerprint density at radius 2 is 2.28 bits per heavy atom. The molecule has 0 aliphatic carbocycles. The fraction of sp³-hybridized carbons (Fsp3) is 0.571. The average Bonchev–Trinajstić information content (AvgIpc) is 2.71. The molecule has 0 fully saturated rings. The first-order valence-electron chi connectivity index (χ1n) is 6.34. The van der Waals surface area contributed by atoms with Gasteiger partial charge in [0.25, 0.3) is 0 Å². The summed E-state index contributed by atoms with van der Waals surface area (Å²) in [6.07, 6.45) is 0.832. The van der Waals surface area contributed by atoms with E-state index in [1.165, 1.54) is 6.07 Å². The number of hydrogen-bond donors (Lipinski definition) is 1. The lowest BCUT2D eigenvalue weighted by Crippen LogP contribution is -2.41. The second-order valence-electron chi connectivity index (χ2n) is 5.11. The van der Waals surface area contributed by atoms with Crippen molar-refractivity contribution in [3.05, 3.63) is 29.6 Å². The lowest BCUT2D eigenvalue weighted by Gasteiger charge is -2.21. The minimum atomic E-state index is -0.202. The molecule has 1 aliphatic rings. The van der Waals surface area contributed by atoms with E-state index < -0.39 is 0 Å². The molecule has 0 saturated carbocycles. The zero-order valence-electron chi connectivity index (χ0n) is 10.7. The second-order valence-corrected chi connectivity index (χ2v) is 5.42. The van der Waals surface area contributed by atoms with Gasteiger partial charge in [0.05, 0.1) is 0 Å². The summed E-state index contributed by atoms with van der Waals surface area (Å²) in [5.74, 6) is 1.68. The maximum absolute atomic E-state index is 13.1. The van der Waals surface area contributed by atoms with E-state index in [0.29, 0.717) is 11.8 Å². The topological polar surface area (TPSA) is 21.3 Å². The monoisotopic (exact) mass is 271 g/mol. The Morgan fingerprint density at radius 3 is 2.94 bits per heavy atom. The third-order valence-corrected chi connectivity index (χ3v) is 3.67. The van der Waals surface area contributed by atoms with Crippen molar-refractivity contribution in [3.63, 3.8) is 0 Å². The summed E-state index contributed by atoms with van der Waals surface area (Å²) in [4.78, 5) is 0. The van der Waals surface area contributed by atoms with Crippen molar-refractivity contribution < 1.29 is 9.13 Å². The molecule has 0 saturated heterocycles. The molecule has 4 heteroatoms. The summed E-state index contributed by atoms with van der Waals surface area (Å²) in [5, 5.41) is 3.41. The SMILES string of the molecule is CC(C)C(CCl)NCC1Cc2cc(F)ccc2O1. The summed E-state index contributed by atoms with van der Waals surface area (Å²) in [6, 6.07) is 4.98. The van der Waals surface area contributed by atoms with Gasteiger partial charge in [-0.2, -0.15) is 0 Å². The van der Waals surface area contributed by atoms with Crippen molar-refractivity contribution in [3.8, 4) is 5.75 Å². The van der Waals surface area contributed by atoms with Crippen LogP contribution in [0.15, 0.2) is 18.2 Å². The molecule has 0 spiro atoms. The molecular formula is C14H19ClFNO. The van der Waals surface area contributed by atoms with E-state index >= 15 is 0 Å². The third-order valence-electron chi connectivity index (χ3n) is 3.34. The Balaban J connectivity index is 1.88. The van der Waals surface area contributed by atoms with Crippen LogP contribution in [0.5, 0.6) is 5.75 Å². The van der Waals surface area contributed by atoms with Gasteiger partial charge in [0, 0.05) is 30.5 Å². The highest BCUT2D eigenvalue weighted by atomic mass is 35.5. The van der Waals surface area contributed by atoms with Crippen LogP contribution in [0.2, 0.25) is 0 Å². The normalized spacial score (nSPS) is 19.7. The number of hydrogen-bond acceptors (Lipinski definition) is 2. The van der Waals surface area contributed by atoms with Gasteiger partial charge in [0.15, 0.2) is 0 Å². The summed E-state index contributed by atoms with van der Waals surface area (Å²) in [7, 11) is 0. The van der Waals surface area contributed by atoms with Gasteiger partial charge in [-0.05, 0) is 24.1 Å². The molecule has 100 valence electrons. The first kappa shape index (κ1) is 13.6. The van der Waals surface area contributed by atoms with Crippen LogP contribution in [0.1, 0.15) is 19.4 Å². The Morgan fingerprint density at radius 1 is 1.50 bits per heavy atom. The molecule has 18 heavy (non-hydrogen) atoms. The highest BCUT2D eigenvalue weighted by molar-refractivity contribution is 6.18. The molecule has 2 rings (SSSR count). The summed E-state index contributed by atoms with van der Waals surface area (Å²) >= 11 is 5.91. The van der Waals surface area contributed by atoms with E-state index in [9.17, 15) is 4.39 Å². The average molecular weight is 272 g/mol. The minimum absolute atomic E-state index is 0.0752. The molecule has 0 amide bonds. The van der Waals surface area contributed by atoms with Crippen molar-refractivity contribution in [2.75, 3.05) is 12.4 Å². The van der Waals surface area contributed by atoms with Crippen molar-refractivity contribution in [1.29, 1.82) is 0 Å². The van der Waals surface area contributed by atoms with Crippen LogP contribution < -0.4 is 10.1 Å². The Hall–Kier alpha value is -0.800. The molecule has 0 aromatic heterocycles. The lowest BCUT2D eigenvalue weighted by atomic mass is 10.1. The predicted molar refractivity (Wildman–Crippen MR) is 71.9 cm³/mol. The van der Waals surface area contributed by atoms with Crippen molar-refractivity contribution >= 4 is 11.6 Å². The van der Waals surface area contributed by atoms with Crippen LogP contribution >= 0.6 is 11.6 Å². The molecule has 0 bridgehead atoms. The van der Waals surface area contributed by atoms with Gasteiger partial charge in [-0.15, -0.1) is 11.6 Å². The van der Waals surface area contributed by atoms with E-state index in [4.69, 9.17) is 16.3 Å². The summed E-state index contributed by atoms with van der Waals surface area (Å²) < 4.78 is 18.8. The van der Waals surface area contributed by atoms with Crippen LogP contribution in [0.4, 0.5) is 4.39 Å². The molecule has 1 aromatic carbocycles. The van der Waals surface area contributed by atoms with Crippen molar-refractivity contribution in [1.82, 2.24) is 5.32 Å². The summed E-state index contributed by atoms with van der Waals surface area (Å²) in [6.45, 7) is 5.02. The summed E-state index contributed by atoms with van der Waals surface area (Å²) in [5.41, 5.74) is 0.953. The third kappa shape index (κ3) is 3.15. The molecule has 2 nitrogen and oxygen atoms in total. The first-order valence-corrected chi connectivity index (χ1v) is 6.88. The maximum Gasteiger partial charge on any atom is 0.123 e. The van der Waals surface area contributed by atoms with Crippen LogP contribution in [-0.4, -0.2) is 24.6 Å². The molecule has 1 aromatic rings. The minimum Gasteiger partial charge on any atom is -0.488 e. The van der Waals surface area contributed by atoms with Crippen LogP contribution in [0, 0.1) is 11.7 Å². The Labute approximate surface area is 112 Å². The molecule has 1 aliphatic heterocycles. The molecular weight excluding hydrogens is 253 g/mol. The van der Waals surface area contributed by atoms with Gasteiger partial charge in [-0.1, -0.05) is 13.8 Å². The van der Waals surface area contributed by atoms with Crippen molar-refractivity contribution in [2.45, 2.75) is 32.4 Å². The van der Waals surface area contributed by atoms with Crippen LogP contribution in [0.3, 0.4) is 0 Å². The first-order chi connectivity index (χ1) is 8.60. The number of nitrogens with one attached hydrogen (secondary N) is 1. The Kier molecular flexibility index (Phi) is 4.46. The van der Waals surface area contributed by atoms with E-state index in [0.717, 1.165) is 24.3 Å². The molecule has 1 heterocycles. The number of rotatable bonds is 5. The fourth-order valence-corrected chi connectivity index (χ4v) is 2.62. The van der Waals surface area contributed by atoms with Gasteiger partial charge in [-0.3, -0.25) is 0 Å². The van der Waals surface area contributed by atoms with Gasteiger partial charge >= 0.3 is 0 Å².